The predicted molar refractivity (Wildman–Crippen MR) is 103 cm³/mol. The monoisotopic (exact) mass is 391 g/mol. The molecule has 0 atom stereocenters. The van der Waals surface area contributed by atoms with E-state index in [4.69, 9.17) is 27.9 Å². The van der Waals surface area contributed by atoms with E-state index in [0.717, 1.165) is 0 Å². The highest BCUT2D eigenvalue weighted by Gasteiger charge is 2.13. The Morgan fingerprint density at radius 1 is 1.12 bits per heavy atom. The molecule has 0 saturated heterocycles. The Hall–Kier alpha value is -2.83. The number of carbonyl (C=O) groups excluding carboxylic acids is 2. The number of amides is 2. The van der Waals surface area contributed by atoms with Crippen molar-refractivity contribution in [1.82, 2.24) is 5.43 Å². The lowest BCUT2D eigenvalue weighted by Gasteiger charge is -2.07. The standard InChI is InChI=1S/C18H15Cl2N3O3/c1-2-8-26-16-7-6-14(20)9-12(16)11-21-23-18(25)17(24)22-15-5-3-4-13(19)10-15/h2-7,9-11H,1,8H2,(H,22,24)(H,23,25)/b21-11-. The van der Waals surface area contributed by atoms with Crippen molar-refractivity contribution in [2.45, 2.75) is 0 Å². The number of nitrogens with zero attached hydrogens (tertiary/aromatic N) is 1. The van der Waals surface area contributed by atoms with Gasteiger partial charge >= 0.3 is 11.8 Å². The number of hydrogen-bond donors (Lipinski definition) is 2. The van der Waals surface area contributed by atoms with Crippen LogP contribution in [0.5, 0.6) is 5.75 Å². The third-order valence-corrected chi connectivity index (χ3v) is 3.46. The number of halogens is 2. The van der Waals surface area contributed by atoms with Crippen molar-refractivity contribution in [2.75, 3.05) is 11.9 Å². The van der Waals surface area contributed by atoms with Crippen LogP contribution < -0.4 is 15.5 Å². The first kappa shape index (κ1) is 19.5. The number of carbonyl (C=O) groups is 2. The fourth-order valence-electron chi connectivity index (χ4n) is 1.87. The zero-order valence-corrected chi connectivity index (χ0v) is 15.1. The van der Waals surface area contributed by atoms with Crippen molar-refractivity contribution >= 4 is 46.9 Å². The molecule has 2 rings (SSSR count). The highest BCUT2D eigenvalue weighted by atomic mass is 35.5. The molecule has 134 valence electrons. The molecule has 8 heteroatoms. The van der Waals surface area contributed by atoms with Gasteiger partial charge in [-0.15, -0.1) is 0 Å². The third-order valence-electron chi connectivity index (χ3n) is 2.99. The quantitative estimate of drug-likeness (QED) is 0.341. The second-order valence-electron chi connectivity index (χ2n) is 4.95. The Morgan fingerprint density at radius 3 is 2.62 bits per heavy atom. The van der Waals surface area contributed by atoms with Crippen LogP contribution in [0.3, 0.4) is 0 Å². The summed E-state index contributed by atoms with van der Waals surface area (Å²) in [6, 6.07) is 11.4. The van der Waals surface area contributed by atoms with Gasteiger partial charge in [-0.3, -0.25) is 9.59 Å². The normalized spacial score (nSPS) is 10.4. The summed E-state index contributed by atoms with van der Waals surface area (Å²) in [7, 11) is 0. The Bertz CT molecular complexity index is 853. The molecular formula is C18H15Cl2N3O3. The molecule has 2 aromatic carbocycles. The molecule has 0 heterocycles. The SMILES string of the molecule is C=CCOc1ccc(Cl)cc1/C=N\NC(=O)C(=O)Nc1cccc(Cl)c1. The number of ether oxygens (including phenoxy) is 1. The molecule has 0 saturated carbocycles. The fourth-order valence-corrected chi connectivity index (χ4v) is 2.24. The summed E-state index contributed by atoms with van der Waals surface area (Å²) in [6.45, 7) is 3.88. The molecule has 2 amide bonds. The second kappa shape index (κ2) is 9.60. The zero-order valence-electron chi connectivity index (χ0n) is 13.5. The molecule has 0 aliphatic carbocycles. The first-order valence-electron chi connectivity index (χ1n) is 7.43. The van der Waals surface area contributed by atoms with Gasteiger partial charge in [-0.25, -0.2) is 5.43 Å². The van der Waals surface area contributed by atoms with Crippen LogP contribution in [0.15, 0.2) is 60.2 Å². The van der Waals surface area contributed by atoms with Crippen molar-refractivity contribution in [3.63, 3.8) is 0 Å². The summed E-state index contributed by atoms with van der Waals surface area (Å²) in [6.07, 6.45) is 2.92. The van der Waals surface area contributed by atoms with Crippen LogP contribution in [0.1, 0.15) is 5.56 Å². The van der Waals surface area contributed by atoms with E-state index in [2.05, 4.69) is 22.4 Å². The molecule has 2 N–H and O–H groups in total. The maximum Gasteiger partial charge on any atom is 0.329 e. The minimum atomic E-state index is -0.934. The minimum Gasteiger partial charge on any atom is -0.489 e. The fraction of sp³-hybridized carbons (Fsp3) is 0.0556. The van der Waals surface area contributed by atoms with Crippen LogP contribution in [-0.4, -0.2) is 24.6 Å². The van der Waals surface area contributed by atoms with Crippen molar-refractivity contribution in [3.8, 4) is 5.75 Å². The molecule has 0 bridgehead atoms. The van der Waals surface area contributed by atoms with E-state index >= 15 is 0 Å². The number of anilines is 1. The van der Waals surface area contributed by atoms with Crippen LogP contribution >= 0.6 is 23.2 Å². The maximum atomic E-state index is 11.8. The van der Waals surface area contributed by atoms with Crippen LogP contribution in [0.25, 0.3) is 0 Å². The smallest absolute Gasteiger partial charge is 0.329 e. The Morgan fingerprint density at radius 2 is 1.88 bits per heavy atom. The molecule has 0 unspecified atom stereocenters. The minimum absolute atomic E-state index is 0.302. The lowest BCUT2D eigenvalue weighted by molar-refractivity contribution is -0.136. The molecule has 0 aliphatic heterocycles. The van der Waals surface area contributed by atoms with Gasteiger partial charge in [0.2, 0.25) is 0 Å². The molecule has 2 aromatic rings. The van der Waals surface area contributed by atoms with E-state index in [0.29, 0.717) is 33.7 Å². The Labute approximate surface area is 160 Å². The highest BCUT2D eigenvalue weighted by molar-refractivity contribution is 6.39. The molecule has 6 nitrogen and oxygen atoms in total. The van der Waals surface area contributed by atoms with Gasteiger partial charge in [0.15, 0.2) is 0 Å². The van der Waals surface area contributed by atoms with E-state index < -0.39 is 11.8 Å². The van der Waals surface area contributed by atoms with Crippen molar-refractivity contribution < 1.29 is 14.3 Å². The van der Waals surface area contributed by atoms with Crippen LogP contribution in [-0.2, 0) is 9.59 Å². The maximum absolute atomic E-state index is 11.8. The summed E-state index contributed by atoms with van der Waals surface area (Å²) in [5.74, 6) is -1.30. The summed E-state index contributed by atoms with van der Waals surface area (Å²) >= 11 is 11.8. The highest BCUT2D eigenvalue weighted by Crippen LogP contribution is 2.21. The van der Waals surface area contributed by atoms with Crippen molar-refractivity contribution in [2.24, 2.45) is 5.10 Å². The summed E-state index contributed by atoms with van der Waals surface area (Å²) < 4.78 is 5.46. The summed E-state index contributed by atoms with van der Waals surface area (Å²) in [5, 5.41) is 7.08. The van der Waals surface area contributed by atoms with Gasteiger partial charge in [0, 0.05) is 21.3 Å². The van der Waals surface area contributed by atoms with Gasteiger partial charge in [0.05, 0.1) is 6.21 Å². The average molecular weight is 392 g/mol. The van der Waals surface area contributed by atoms with E-state index in [9.17, 15) is 9.59 Å². The lowest BCUT2D eigenvalue weighted by Crippen LogP contribution is -2.32. The topological polar surface area (TPSA) is 79.8 Å². The summed E-state index contributed by atoms with van der Waals surface area (Å²) in [4.78, 5) is 23.6. The number of hydrogen-bond acceptors (Lipinski definition) is 4. The van der Waals surface area contributed by atoms with E-state index in [-0.39, 0.29) is 0 Å². The van der Waals surface area contributed by atoms with Gasteiger partial charge in [0.25, 0.3) is 0 Å². The molecule has 0 aliphatic rings. The van der Waals surface area contributed by atoms with Gasteiger partial charge < -0.3 is 10.1 Å². The number of hydrazone groups is 1. The largest absolute Gasteiger partial charge is 0.489 e. The van der Waals surface area contributed by atoms with E-state index in [1.165, 1.54) is 12.3 Å². The average Bonchev–Trinajstić information content (AvgIpc) is 2.61. The predicted octanol–water partition coefficient (Wildman–Crippen LogP) is 3.65. The lowest BCUT2D eigenvalue weighted by atomic mass is 10.2. The van der Waals surface area contributed by atoms with E-state index in [1.807, 2.05) is 0 Å². The molecule has 26 heavy (non-hydrogen) atoms. The van der Waals surface area contributed by atoms with Gasteiger partial charge in [-0.05, 0) is 36.4 Å². The Balaban J connectivity index is 1.99. The molecule has 0 aromatic heterocycles. The Kier molecular flexibility index (Phi) is 7.20. The third kappa shape index (κ3) is 5.91. The molecule has 0 radical (unpaired) electrons. The first-order chi connectivity index (χ1) is 12.5. The van der Waals surface area contributed by atoms with Gasteiger partial charge in [0.1, 0.15) is 12.4 Å². The number of benzene rings is 2. The molecule has 0 spiro atoms. The van der Waals surface area contributed by atoms with Crippen LogP contribution in [0.2, 0.25) is 10.0 Å². The molecular weight excluding hydrogens is 377 g/mol. The van der Waals surface area contributed by atoms with Crippen molar-refractivity contribution in [3.05, 3.63) is 70.7 Å². The van der Waals surface area contributed by atoms with Gasteiger partial charge in [-0.1, -0.05) is 41.9 Å². The van der Waals surface area contributed by atoms with E-state index in [1.54, 1.807) is 42.5 Å². The van der Waals surface area contributed by atoms with Crippen molar-refractivity contribution in [1.29, 1.82) is 0 Å². The molecule has 0 fully saturated rings. The number of rotatable bonds is 6. The number of nitrogens with one attached hydrogen (secondary N) is 2. The van der Waals surface area contributed by atoms with Crippen LogP contribution in [0.4, 0.5) is 5.69 Å². The van der Waals surface area contributed by atoms with Crippen LogP contribution in [0, 0.1) is 0 Å². The second-order valence-corrected chi connectivity index (χ2v) is 5.82. The summed E-state index contributed by atoms with van der Waals surface area (Å²) in [5.41, 5.74) is 3.07. The first-order valence-corrected chi connectivity index (χ1v) is 8.18. The van der Waals surface area contributed by atoms with Gasteiger partial charge in [-0.2, -0.15) is 5.10 Å². The zero-order chi connectivity index (χ0) is 18.9.